The van der Waals surface area contributed by atoms with E-state index in [1.807, 2.05) is 42.5 Å². The third-order valence-corrected chi connectivity index (χ3v) is 3.82. The highest BCUT2D eigenvalue weighted by molar-refractivity contribution is 6.32. The molecule has 1 heterocycles. The number of para-hydroxylation sites is 1. The molecule has 0 atom stereocenters. The Bertz CT molecular complexity index is 947. The third kappa shape index (κ3) is 3.95. The van der Waals surface area contributed by atoms with E-state index in [0.29, 0.717) is 28.0 Å². The van der Waals surface area contributed by atoms with Crippen molar-refractivity contribution in [3.63, 3.8) is 0 Å². The predicted octanol–water partition coefficient (Wildman–Crippen LogP) is 4.23. The lowest BCUT2D eigenvalue weighted by atomic mass is 10.2. The second kappa shape index (κ2) is 7.32. The molecule has 0 aliphatic carbocycles. The van der Waals surface area contributed by atoms with Crippen LogP contribution < -0.4 is 4.74 Å². The summed E-state index contributed by atoms with van der Waals surface area (Å²) >= 11 is 6.15. The van der Waals surface area contributed by atoms with Crippen molar-refractivity contribution in [2.45, 2.75) is 6.92 Å². The lowest BCUT2D eigenvalue weighted by Crippen LogP contribution is -2.04. The molecule has 126 valence electrons. The van der Waals surface area contributed by atoms with Gasteiger partial charge in [-0.1, -0.05) is 41.9 Å². The maximum Gasteiger partial charge on any atom is 0.308 e. The molecule has 0 spiro atoms. The monoisotopic (exact) mass is 353 g/mol. The van der Waals surface area contributed by atoms with Gasteiger partial charge >= 0.3 is 5.97 Å². The average molecular weight is 354 g/mol. The maximum absolute atomic E-state index is 11.3. The molecule has 0 saturated heterocycles. The molecule has 0 unspecified atom stereocenters. The highest BCUT2D eigenvalue weighted by Crippen LogP contribution is 2.28. The molecule has 0 amide bonds. The smallest absolute Gasteiger partial charge is 0.308 e. The predicted molar refractivity (Wildman–Crippen MR) is 98.1 cm³/mol. The van der Waals surface area contributed by atoms with E-state index < -0.39 is 0 Å². The molecule has 3 rings (SSSR count). The molecular formula is C19H16ClN3O2. The largest absolute Gasteiger partial charge is 0.426 e. The fourth-order valence-electron chi connectivity index (χ4n) is 2.38. The van der Waals surface area contributed by atoms with Crippen LogP contribution in [-0.4, -0.2) is 20.7 Å². The van der Waals surface area contributed by atoms with Crippen LogP contribution in [0.15, 0.2) is 48.5 Å². The first kappa shape index (κ1) is 16.9. The summed E-state index contributed by atoms with van der Waals surface area (Å²) in [4.78, 5) is 15.8. The Morgan fingerprint density at radius 1 is 1.12 bits per heavy atom. The molecule has 25 heavy (non-hydrogen) atoms. The van der Waals surface area contributed by atoms with E-state index in [9.17, 15) is 4.79 Å². The molecule has 0 aliphatic rings. The Labute approximate surface area is 150 Å². The molecule has 5 nitrogen and oxygen atoms in total. The highest BCUT2D eigenvalue weighted by atomic mass is 35.5. The number of aryl methyl sites for hydroxylation is 1. The molecule has 2 aromatic carbocycles. The van der Waals surface area contributed by atoms with Gasteiger partial charge in [-0.2, -0.15) is 5.10 Å². The minimum Gasteiger partial charge on any atom is -0.426 e. The molecule has 0 bridgehead atoms. The molecule has 0 N–H and O–H groups in total. The first-order valence-corrected chi connectivity index (χ1v) is 8.04. The number of hydrogen-bond donors (Lipinski definition) is 0. The quantitative estimate of drug-likeness (QED) is 0.520. The summed E-state index contributed by atoms with van der Waals surface area (Å²) in [5, 5.41) is 5.05. The van der Waals surface area contributed by atoms with Crippen LogP contribution >= 0.6 is 11.6 Å². The van der Waals surface area contributed by atoms with Gasteiger partial charge in [0.15, 0.2) is 11.6 Å². The summed E-state index contributed by atoms with van der Waals surface area (Å²) in [5.41, 5.74) is 1.59. The van der Waals surface area contributed by atoms with Gasteiger partial charge in [0.05, 0.1) is 5.56 Å². The van der Waals surface area contributed by atoms with Gasteiger partial charge in [0.25, 0.3) is 0 Å². The highest BCUT2D eigenvalue weighted by Gasteiger charge is 2.14. The van der Waals surface area contributed by atoms with Crippen molar-refractivity contribution in [2.24, 2.45) is 7.05 Å². The van der Waals surface area contributed by atoms with Crippen LogP contribution in [0.5, 0.6) is 5.75 Å². The Kier molecular flexibility index (Phi) is 4.95. The molecule has 0 aliphatic heterocycles. The minimum absolute atomic E-state index is 0.381. The third-order valence-electron chi connectivity index (χ3n) is 3.48. The van der Waals surface area contributed by atoms with Crippen LogP contribution in [0.4, 0.5) is 0 Å². The van der Waals surface area contributed by atoms with Gasteiger partial charge < -0.3 is 4.74 Å². The van der Waals surface area contributed by atoms with Gasteiger partial charge in [0.1, 0.15) is 5.75 Å². The van der Waals surface area contributed by atoms with Gasteiger partial charge in [-0.15, -0.1) is 0 Å². The van der Waals surface area contributed by atoms with Crippen molar-refractivity contribution >= 4 is 29.7 Å². The Hall–Kier alpha value is -2.92. The summed E-state index contributed by atoms with van der Waals surface area (Å²) in [6.07, 6.45) is 3.65. The molecular weight excluding hydrogens is 338 g/mol. The molecule has 0 radical (unpaired) electrons. The van der Waals surface area contributed by atoms with Crippen molar-refractivity contribution in [3.8, 4) is 17.1 Å². The standard InChI is InChI=1S/C19H16ClN3O2/c1-13(24)25-17-10-6-4-8-15(17)19-21-18(22-23(19)2)12-11-14-7-3-5-9-16(14)20/h3-12H,1-2H3. The Morgan fingerprint density at radius 2 is 1.84 bits per heavy atom. The van der Waals surface area contributed by atoms with E-state index >= 15 is 0 Å². The van der Waals surface area contributed by atoms with Crippen LogP contribution in [0.2, 0.25) is 5.02 Å². The van der Waals surface area contributed by atoms with Crippen LogP contribution in [-0.2, 0) is 11.8 Å². The topological polar surface area (TPSA) is 57.0 Å². The fraction of sp³-hybridized carbons (Fsp3) is 0.105. The van der Waals surface area contributed by atoms with Crippen molar-refractivity contribution in [1.29, 1.82) is 0 Å². The van der Waals surface area contributed by atoms with Gasteiger partial charge in [-0.3, -0.25) is 4.79 Å². The lowest BCUT2D eigenvalue weighted by Gasteiger charge is -2.07. The molecule has 3 aromatic rings. The van der Waals surface area contributed by atoms with Crippen LogP contribution in [0.25, 0.3) is 23.5 Å². The van der Waals surface area contributed by atoms with E-state index in [4.69, 9.17) is 16.3 Å². The first-order valence-electron chi connectivity index (χ1n) is 7.66. The number of hydrogen-bond acceptors (Lipinski definition) is 4. The van der Waals surface area contributed by atoms with Crippen LogP contribution in [0.3, 0.4) is 0 Å². The molecule has 6 heteroatoms. The van der Waals surface area contributed by atoms with Crippen molar-refractivity contribution in [1.82, 2.24) is 14.8 Å². The number of ether oxygens (including phenoxy) is 1. The number of halogens is 1. The number of nitrogens with zero attached hydrogens (tertiary/aromatic N) is 3. The first-order chi connectivity index (χ1) is 12.0. The zero-order valence-corrected chi connectivity index (χ0v) is 14.6. The Morgan fingerprint density at radius 3 is 2.60 bits per heavy atom. The summed E-state index contributed by atoms with van der Waals surface area (Å²) in [5.74, 6) is 1.21. The van der Waals surface area contributed by atoms with Crippen LogP contribution in [0, 0.1) is 0 Å². The number of rotatable bonds is 4. The maximum atomic E-state index is 11.3. The van der Waals surface area contributed by atoms with E-state index in [2.05, 4.69) is 10.1 Å². The SMILES string of the molecule is CC(=O)Oc1ccccc1-c1nc(C=Cc2ccccc2Cl)nn1C. The molecule has 1 aromatic heterocycles. The Balaban J connectivity index is 1.94. The normalized spacial score (nSPS) is 11.0. The minimum atomic E-state index is -0.381. The van der Waals surface area contributed by atoms with Crippen molar-refractivity contribution < 1.29 is 9.53 Å². The summed E-state index contributed by atoms with van der Waals surface area (Å²) < 4.78 is 6.90. The summed E-state index contributed by atoms with van der Waals surface area (Å²) in [7, 11) is 1.79. The zero-order chi connectivity index (χ0) is 17.8. The lowest BCUT2D eigenvalue weighted by molar-refractivity contribution is -0.131. The van der Waals surface area contributed by atoms with Crippen molar-refractivity contribution in [2.75, 3.05) is 0 Å². The number of esters is 1. The fourth-order valence-corrected chi connectivity index (χ4v) is 2.58. The van der Waals surface area contributed by atoms with Gasteiger partial charge in [0.2, 0.25) is 0 Å². The van der Waals surface area contributed by atoms with E-state index in [1.165, 1.54) is 6.92 Å². The van der Waals surface area contributed by atoms with Crippen molar-refractivity contribution in [3.05, 3.63) is 64.9 Å². The van der Waals surface area contributed by atoms with E-state index in [1.54, 1.807) is 29.9 Å². The van der Waals surface area contributed by atoms with Gasteiger partial charge in [-0.25, -0.2) is 9.67 Å². The number of carbonyl (C=O) groups excluding carboxylic acids is 1. The molecule has 0 saturated carbocycles. The number of carbonyl (C=O) groups is 1. The summed E-state index contributed by atoms with van der Waals surface area (Å²) in [6.45, 7) is 1.37. The van der Waals surface area contributed by atoms with E-state index in [0.717, 1.165) is 5.56 Å². The second-order valence-corrected chi connectivity index (χ2v) is 5.77. The average Bonchev–Trinajstić information content (AvgIpc) is 2.95. The number of aromatic nitrogens is 3. The number of benzene rings is 2. The molecule has 0 fully saturated rings. The van der Waals surface area contributed by atoms with E-state index in [-0.39, 0.29) is 5.97 Å². The van der Waals surface area contributed by atoms with Gasteiger partial charge in [-0.05, 0) is 35.9 Å². The van der Waals surface area contributed by atoms with Crippen LogP contribution in [0.1, 0.15) is 18.3 Å². The summed E-state index contributed by atoms with van der Waals surface area (Å²) in [6, 6.07) is 14.8. The zero-order valence-electron chi connectivity index (χ0n) is 13.8. The second-order valence-electron chi connectivity index (χ2n) is 5.36. The van der Waals surface area contributed by atoms with Gasteiger partial charge in [0, 0.05) is 19.0 Å².